The number of rotatable bonds is 10. The standard InChI is InChI=1S/C35H27N5O3S2/c41-32(24-12-5-2-6-13-24)39-30(20-25-22-37-29-17-8-7-16-28(25)29)33(42)38-26-14-9-15-27(21-26)45-31(23-10-3-1-4-11-23)34(43)40-35-36-18-19-44-35/h1-22,31,37H,(H,38,42)(H,39,41)(H,36,40,43)/b30-20-. The van der Waals surface area contributed by atoms with Crippen molar-refractivity contribution in [3.05, 3.63) is 149 Å². The lowest BCUT2D eigenvalue weighted by atomic mass is 10.1. The molecule has 2 aromatic heterocycles. The predicted molar refractivity (Wildman–Crippen MR) is 181 cm³/mol. The van der Waals surface area contributed by atoms with Crippen molar-refractivity contribution in [2.24, 2.45) is 0 Å². The van der Waals surface area contributed by atoms with E-state index in [0.29, 0.717) is 16.4 Å². The quantitative estimate of drug-likeness (QED) is 0.0925. The molecule has 0 aliphatic rings. The van der Waals surface area contributed by atoms with Crippen LogP contribution in [0.3, 0.4) is 0 Å². The molecule has 4 aromatic carbocycles. The van der Waals surface area contributed by atoms with Crippen molar-refractivity contribution >= 4 is 68.6 Å². The summed E-state index contributed by atoms with van der Waals surface area (Å²) in [6.07, 6.45) is 5.09. The van der Waals surface area contributed by atoms with Gasteiger partial charge in [-0.25, -0.2) is 4.98 Å². The minimum absolute atomic E-state index is 0.0802. The van der Waals surface area contributed by atoms with Gasteiger partial charge in [-0.05, 0) is 48.0 Å². The molecule has 8 nitrogen and oxygen atoms in total. The summed E-state index contributed by atoms with van der Waals surface area (Å²) in [4.78, 5) is 48.3. The predicted octanol–water partition coefficient (Wildman–Crippen LogP) is 7.51. The maximum absolute atomic E-state index is 13.7. The van der Waals surface area contributed by atoms with Crippen LogP contribution in [0.25, 0.3) is 17.0 Å². The third-order valence-electron chi connectivity index (χ3n) is 6.80. The fourth-order valence-corrected chi connectivity index (χ4v) is 6.27. The highest BCUT2D eigenvalue weighted by atomic mass is 32.2. The number of thiazole rings is 1. The molecule has 6 rings (SSSR count). The van der Waals surface area contributed by atoms with E-state index in [4.69, 9.17) is 0 Å². The van der Waals surface area contributed by atoms with Gasteiger partial charge >= 0.3 is 0 Å². The maximum Gasteiger partial charge on any atom is 0.272 e. The van der Waals surface area contributed by atoms with Crippen molar-refractivity contribution in [2.75, 3.05) is 10.6 Å². The van der Waals surface area contributed by atoms with E-state index in [1.807, 2.05) is 72.8 Å². The summed E-state index contributed by atoms with van der Waals surface area (Å²) >= 11 is 2.71. The van der Waals surface area contributed by atoms with Crippen molar-refractivity contribution < 1.29 is 14.4 Å². The number of thioether (sulfide) groups is 1. The largest absolute Gasteiger partial charge is 0.361 e. The number of amides is 3. The summed E-state index contributed by atoms with van der Waals surface area (Å²) in [6.45, 7) is 0. The number of anilines is 2. The number of nitrogens with one attached hydrogen (secondary N) is 4. The van der Waals surface area contributed by atoms with Gasteiger partial charge in [0.25, 0.3) is 11.8 Å². The number of hydrogen-bond acceptors (Lipinski definition) is 6. The van der Waals surface area contributed by atoms with Gasteiger partial charge in [0.15, 0.2) is 5.13 Å². The molecule has 0 fully saturated rings. The second-order valence-corrected chi connectivity index (χ2v) is 12.0. The van der Waals surface area contributed by atoms with Gasteiger partial charge in [0.1, 0.15) is 10.9 Å². The van der Waals surface area contributed by atoms with E-state index in [2.05, 4.69) is 25.9 Å². The lowest BCUT2D eigenvalue weighted by Crippen LogP contribution is -2.30. The molecule has 4 N–H and O–H groups in total. The van der Waals surface area contributed by atoms with Gasteiger partial charge in [-0.15, -0.1) is 23.1 Å². The Kier molecular flexibility index (Phi) is 9.14. The van der Waals surface area contributed by atoms with E-state index in [1.54, 1.807) is 60.2 Å². The number of nitrogens with zero attached hydrogens (tertiary/aromatic N) is 1. The van der Waals surface area contributed by atoms with Crippen LogP contribution in [0.1, 0.15) is 26.7 Å². The second-order valence-electron chi connectivity index (χ2n) is 9.88. The summed E-state index contributed by atoms with van der Waals surface area (Å²) < 4.78 is 0. The molecular formula is C35H27N5O3S2. The Morgan fingerprint density at radius 2 is 1.60 bits per heavy atom. The second kappa shape index (κ2) is 13.9. The maximum atomic E-state index is 13.7. The average molecular weight is 630 g/mol. The molecular weight excluding hydrogens is 603 g/mol. The molecule has 2 heterocycles. The topological polar surface area (TPSA) is 116 Å². The van der Waals surface area contributed by atoms with Gasteiger partial charge < -0.3 is 20.9 Å². The number of benzene rings is 4. The van der Waals surface area contributed by atoms with Crippen LogP contribution >= 0.6 is 23.1 Å². The monoisotopic (exact) mass is 629 g/mol. The molecule has 10 heteroatoms. The SMILES string of the molecule is O=C(Nc1cccc(SC(C(=O)Nc2nccs2)c2ccccc2)c1)/C(=C/c1c[nH]c2ccccc12)NC(=O)c1ccccc1. The number of aromatic nitrogens is 2. The molecule has 222 valence electrons. The van der Waals surface area contributed by atoms with Gasteiger partial charge in [0.2, 0.25) is 5.91 Å². The van der Waals surface area contributed by atoms with Crippen molar-refractivity contribution in [2.45, 2.75) is 10.1 Å². The molecule has 0 saturated carbocycles. The first kappa shape index (κ1) is 29.6. The number of hydrogen-bond donors (Lipinski definition) is 4. The minimum Gasteiger partial charge on any atom is -0.361 e. The molecule has 0 radical (unpaired) electrons. The number of H-pyrrole nitrogens is 1. The number of aromatic amines is 1. The van der Waals surface area contributed by atoms with E-state index < -0.39 is 17.1 Å². The van der Waals surface area contributed by atoms with Crippen molar-refractivity contribution in [1.29, 1.82) is 0 Å². The molecule has 1 atom stereocenters. The van der Waals surface area contributed by atoms with E-state index in [-0.39, 0.29) is 11.6 Å². The zero-order valence-electron chi connectivity index (χ0n) is 23.8. The molecule has 6 aromatic rings. The Labute approximate surface area is 267 Å². The summed E-state index contributed by atoms with van der Waals surface area (Å²) in [6, 6.07) is 33.2. The van der Waals surface area contributed by atoms with Crippen LogP contribution in [-0.2, 0) is 9.59 Å². The summed E-state index contributed by atoms with van der Waals surface area (Å²) in [5, 5.41) is 11.3. The van der Waals surface area contributed by atoms with E-state index >= 15 is 0 Å². The molecule has 3 amide bonds. The molecule has 0 saturated heterocycles. The Bertz CT molecular complexity index is 1970. The Morgan fingerprint density at radius 1 is 0.844 bits per heavy atom. The van der Waals surface area contributed by atoms with Crippen LogP contribution in [-0.4, -0.2) is 27.7 Å². The van der Waals surface area contributed by atoms with Crippen LogP contribution in [0.4, 0.5) is 10.8 Å². The first-order valence-electron chi connectivity index (χ1n) is 14.0. The van der Waals surface area contributed by atoms with Crippen molar-refractivity contribution in [3.8, 4) is 0 Å². The molecule has 0 aliphatic carbocycles. The molecule has 0 spiro atoms. The smallest absolute Gasteiger partial charge is 0.272 e. The van der Waals surface area contributed by atoms with Crippen molar-refractivity contribution in [1.82, 2.24) is 15.3 Å². The highest BCUT2D eigenvalue weighted by Crippen LogP contribution is 2.37. The van der Waals surface area contributed by atoms with Crippen LogP contribution in [0, 0.1) is 0 Å². The van der Waals surface area contributed by atoms with E-state index in [9.17, 15) is 14.4 Å². The molecule has 0 bridgehead atoms. The fraction of sp³-hybridized carbons (Fsp3) is 0.0286. The van der Waals surface area contributed by atoms with Crippen LogP contribution in [0.15, 0.2) is 138 Å². The van der Waals surface area contributed by atoms with Crippen LogP contribution in [0.2, 0.25) is 0 Å². The van der Waals surface area contributed by atoms with E-state index in [0.717, 1.165) is 26.9 Å². The number of carbonyl (C=O) groups excluding carboxylic acids is 3. The third-order valence-corrected chi connectivity index (χ3v) is 8.74. The normalized spacial score (nSPS) is 12.0. The lowest BCUT2D eigenvalue weighted by Gasteiger charge is -2.17. The number of carbonyl (C=O) groups is 3. The molecule has 45 heavy (non-hydrogen) atoms. The number of para-hydroxylation sites is 1. The first-order valence-corrected chi connectivity index (χ1v) is 15.8. The Balaban J connectivity index is 1.25. The Hall–Kier alpha value is -5.45. The fourth-order valence-electron chi connectivity index (χ4n) is 4.65. The van der Waals surface area contributed by atoms with Gasteiger partial charge in [-0.3, -0.25) is 14.4 Å². The lowest BCUT2D eigenvalue weighted by molar-refractivity contribution is -0.116. The van der Waals surface area contributed by atoms with Crippen LogP contribution in [0.5, 0.6) is 0 Å². The zero-order valence-corrected chi connectivity index (χ0v) is 25.4. The number of fused-ring (bicyclic) bond motifs is 1. The highest BCUT2D eigenvalue weighted by molar-refractivity contribution is 8.00. The average Bonchev–Trinajstić information content (AvgIpc) is 3.74. The Morgan fingerprint density at radius 3 is 2.38 bits per heavy atom. The highest BCUT2D eigenvalue weighted by Gasteiger charge is 2.23. The first-order chi connectivity index (χ1) is 22.0. The minimum atomic E-state index is -0.566. The molecule has 1 unspecified atom stereocenters. The van der Waals surface area contributed by atoms with Crippen LogP contribution < -0.4 is 16.0 Å². The van der Waals surface area contributed by atoms with Crippen molar-refractivity contribution in [3.63, 3.8) is 0 Å². The zero-order chi connectivity index (χ0) is 31.0. The summed E-state index contributed by atoms with van der Waals surface area (Å²) in [5.41, 5.74) is 3.52. The van der Waals surface area contributed by atoms with E-state index in [1.165, 1.54) is 23.1 Å². The molecule has 0 aliphatic heterocycles. The van der Waals surface area contributed by atoms with Gasteiger partial charge in [0.05, 0.1) is 0 Å². The van der Waals surface area contributed by atoms with Gasteiger partial charge in [-0.1, -0.05) is 72.8 Å². The summed E-state index contributed by atoms with van der Waals surface area (Å²) in [7, 11) is 0. The summed E-state index contributed by atoms with van der Waals surface area (Å²) in [5.74, 6) is -1.10. The van der Waals surface area contributed by atoms with Gasteiger partial charge in [0, 0.05) is 50.4 Å². The van der Waals surface area contributed by atoms with Gasteiger partial charge in [-0.2, -0.15) is 0 Å². The third kappa shape index (κ3) is 7.38.